The van der Waals surface area contributed by atoms with Crippen LogP contribution >= 0.6 is 11.6 Å². The minimum Gasteiger partial charge on any atom is -0.453 e. The van der Waals surface area contributed by atoms with Gasteiger partial charge in [0, 0.05) is 35.8 Å². The van der Waals surface area contributed by atoms with Crippen LogP contribution in [0.4, 0.5) is 10.5 Å². The van der Waals surface area contributed by atoms with Crippen molar-refractivity contribution in [2.24, 2.45) is 5.92 Å². The number of sulfonamides is 1. The number of nitrogen functional groups attached to an aromatic ring is 1. The summed E-state index contributed by atoms with van der Waals surface area (Å²) in [5.74, 6) is -0.128. The van der Waals surface area contributed by atoms with Crippen LogP contribution in [0.3, 0.4) is 0 Å². The Bertz CT molecular complexity index is 1230. The number of hydrogen-bond acceptors (Lipinski definition) is 7. The van der Waals surface area contributed by atoms with Crippen LogP contribution in [0.5, 0.6) is 0 Å². The van der Waals surface area contributed by atoms with Gasteiger partial charge in [-0.15, -0.1) is 0 Å². The monoisotopic (exact) mass is 610 g/mol. The smallest absolute Gasteiger partial charge is 0.407 e. The molecule has 228 valence electrons. The lowest BCUT2D eigenvalue weighted by molar-refractivity contribution is -0.123. The molecule has 2 aromatic rings. The molecule has 0 fully saturated rings. The topological polar surface area (TPSA) is 151 Å². The molecule has 0 aliphatic carbocycles. The second-order valence-corrected chi connectivity index (χ2v) is 12.8. The van der Waals surface area contributed by atoms with Gasteiger partial charge in [0.25, 0.3) is 0 Å². The van der Waals surface area contributed by atoms with E-state index in [1.54, 1.807) is 36.4 Å². The van der Waals surface area contributed by atoms with Crippen LogP contribution in [0, 0.1) is 5.92 Å². The van der Waals surface area contributed by atoms with Crippen LogP contribution in [0.2, 0.25) is 5.02 Å². The molecule has 3 atom stereocenters. The summed E-state index contributed by atoms with van der Waals surface area (Å²) < 4.78 is 33.1. The number of aliphatic hydroxyl groups is 1. The molecule has 0 saturated heterocycles. The Hall–Kier alpha value is -2.86. The molecule has 12 heteroatoms. The number of carbonyl (C=O) groups excluding carboxylic acids is 2. The van der Waals surface area contributed by atoms with E-state index in [2.05, 4.69) is 15.4 Å². The molecule has 5 N–H and O–H groups in total. The number of anilines is 1. The van der Waals surface area contributed by atoms with Crippen LogP contribution in [0.1, 0.15) is 52.0 Å². The van der Waals surface area contributed by atoms with Gasteiger partial charge < -0.3 is 26.2 Å². The Morgan fingerprint density at radius 1 is 1.02 bits per heavy atom. The summed E-state index contributed by atoms with van der Waals surface area (Å²) in [4.78, 5) is 25.1. The maximum atomic E-state index is 13.5. The third kappa shape index (κ3) is 10.8. The van der Waals surface area contributed by atoms with Crippen molar-refractivity contribution in [3.8, 4) is 0 Å². The highest BCUT2D eigenvalue weighted by atomic mass is 35.5. The highest BCUT2D eigenvalue weighted by molar-refractivity contribution is 7.89. The number of nitrogens with two attached hydrogens (primary N) is 1. The predicted octanol–water partition coefficient (Wildman–Crippen LogP) is 3.96. The molecule has 41 heavy (non-hydrogen) atoms. The van der Waals surface area contributed by atoms with Crippen molar-refractivity contribution in [3.05, 3.63) is 59.1 Å². The van der Waals surface area contributed by atoms with Gasteiger partial charge in [-0.1, -0.05) is 43.6 Å². The van der Waals surface area contributed by atoms with Crippen molar-refractivity contribution < 1.29 is 27.9 Å². The number of amides is 2. The summed E-state index contributed by atoms with van der Waals surface area (Å²) in [5.41, 5.74) is 6.91. The van der Waals surface area contributed by atoms with Gasteiger partial charge in [-0.05, 0) is 74.4 Å². The maximum Gasteiger partial charge on any atom is 0.407 e. The molecule has 0 spiro atoms. The van der Waals surface area contributed by atoms with Crippen molar-refractivity contribution in [1.29, 1.82) is 0 Å². The van der Waals surface area contributed by atoms with Gasteiger partial charge in [-0.2, -0.15) is 4.31 Å². The summed E-state index contributed by atoms with van der Waals surface area (Å²) in [6.45, 7) is 5.79. The van der Waals surface area contributed by atoms with Crippen molar-refractivity contribution in [2.75, 3.05) is 26.0 Å². The molecule has 2 amide bonds. The molecule has 0 aliphatic rings. The Balaban J connectivity index is 2.07. The van der Waals surface area contributed by atoms with Crippen LogP contribution in [-0.4, -0.2) is 68.2 Å². The second-order valence-electron chi connectivity index (χ2n) is 10.5. The van der Waals surface area contributed by atoms with Crippen LogP contribution in [0.25, 0.3) is 0 Å². The van der Waals surface area contributed by atoms with E-state index in [9.17, 15) is 23.1 Å². The molecule has 0 unspecified atom stereocenters. The minimum atomic E-state index is -3.87. The first kappa shape index (κ1) is 34.3. The average Bonchev–Trinajstić information content (AvgIpc) is 2.92. The van der Waals surface area contributed by atoms with E-state index >= 15 is 0 Å². The molecule has 0 aliphatic heterocycles. The number of benzene rings is 2. The molecule has 0 bridgehead atoms. The molecule has 2 rings (SSSR count). The van der Waals surface area contributed by atoms with E-state index in [4.69, 9.17) is 17.3 Å². The third-order valence-electron chi connectivity index (χ3n) is 6.77. The standard InChI is InChI=1S/C29H43ClN4O6S/c1-20(2)16-17-34(41(38,39)25-14-12-23(31)13-15-25)24(19-35)10-7-8-21(3)32-28(36)27(33-29(37)40-4)18-22-9-5-6-11-26(22)30/h5-6,9,11-15,20-21,24,27,35H,7-8,10,16-19,31H2,1-4H3,(H,32,36)(H,33,37)/t21-,24-,27-/m0/s1. The molecule has 10 nitrogen and oxygen atoms in total. The van der Waals surface area contributed by atoms with Gasteiger partial charge in [0.05, 0.1) is 18.6 Å². The fraction of sp³-hybridized carbons (Fsp3) is 0.517. The number of nitrogens with one attached hydrogen (secondary N) is 2. The molecule has 0 heterocycles. The van der Waals surface area contributed by atoms with E-state index in [1.807, 2.05) is 20.8 Å². The Morgan fingerprint density at radius 2 is 1.68 bits per heavy atom. The number of halogens is 1. The number of aliphatic hydroxyl groups excluding tert-OH is 1. The molecule has 0 radical (unpaired) electrons. The number of ether oxygens (including phenoxy) is 1. The zero-order chi connectivity index (χ0) is 30.6. The van der Waals surface area contributed by atoms with E-state index in [0.717, 1.165) is 0 Å². The second kappa shape index (κ2) is 16.5. The van der Waals surface area contributed by atoms with E-state index < -0.39 is 34.1 Å². The summed E-state index contributed by atoms with van der Waals surface area (Å²) in [7, 11) is -2.65. The lowest BCUT2D eigenvalue weighted by atomic mass is 10.0. The van der Waals surface area contributed by atoms with Gasteiger partial charge in [0.1, 0.15) is 6.04 Å². The Morgan fingerprint density at radius 3 is 2.27 bits per heavy atom. The number of nitrogens with zero attached hydrogens (tertiary/aromatic N) is 1. The Kier molecular flexibility index (Phi) is 13.9. The van der Waals surface area contributed by atoms with Crippen molar-refractivity contribution in [1.82, 2.24) is 14.9 Å². The summed E-state index contributed by atoms with van der Waals surface area (Å²) in [6.07, 6.45) is 1.54. The lowest BCUT2D eigenvalue weighted by Gasteiger charge is -2.31. The molecular formula is C29H43ClN4O6S. The van der Waals surface area contributed by atoms with E-state index in [0.29, 0.717) is 42.0 Å². The fourth-order valence-corrected chi connectivity index (χ4v) is 6.23. The molecule has 2 aromatic carbocycles. The zero-order valence-corrected chi connectivity index (χ0v) is 25.7. The normalized spacial score (nSPS) is 14.0. The van der Waals surface area contributed by atoms with Crippen LogP contribution in [0.15, 0.2) is 53.4 Å². The van der Waals surface area contributed by atoms with Crippen LogP contribution in [-0.2, 0) is 26.0 Å². The highest BCUT2D eigenvalue weighted by Gasteiger charge is 2.31. The minimum absolute atomic E-state index is 0.122. The highest BCUT2D eigenvalue weighted by Crippen LogP contribution is 2.24. The SMILES string of the molecule is COC(=O)N[C@@H](Cc1ccccc1Cl)C(=O)N[C@@H](C)CCC[C@@H](CO)N(CCC(C)C)S(=O)(=O)c1ccc(N)cc1. The lowest BCUT2D eigenvalue weighted by Crippen LogP contribution is -2.50. The van der Waals surface area contributed by atoms with E-state index in [-0.39, 0.29) is 36.4 Å². The van der Waals surface area contributed by atoms with Gasteiger partial charge in [-0.3, -0.25) is 4.79 Å². The number of rotatable bonds is 16. The first-order valence-corrected chi connectivity index (χ1v) is 15.6. The van der Waals surface area contributed by atoms with Crippen LogP contribution < -0.4 is 16.4 Å². The fourth-order valence-electron chi connectivity index (χ4n) is 4.36. The quantitative estimate of drug-likeness (QED) is 0.210. The maximum absolute atomic E-state index is 13.5. The van der Waals surface area contributed by atoms with E-state index in [1.165, 1.54) is 23.5 Å². The van der Waals surface area contributed by atoms with Crippen molar-refractivity contribution >= 4 is 39.3 Å². The average molecular weight is 611 g/mol. The molecule has 0 aromatic heterocycles. The third-order valence-corrected chi connectivity index (χ3v) is 9.11. The molecule has 0 saturated carbocycles. The number of carbonyl (C=O) groups is 2. The summed E-state index contributed by atoms with van der Waals surface area (Å²) >= 11 is 6.26. The van der Waals surface area contributed by atoms with Gasteiger partial charge >= 0.3 is 6.09 Å². The van der Waals surface area contributed by atoms with Crippen molar-refractivity contribution in [2.45, 2.75) is 75.9 Å². The number of alkyl carbamates (subject to hydrolysis) is 1. The summed E-state index contributed by atoms with van der Waals surface area (Å²) in [5, 5.41) is 16.2. The number of methoxy groups -OCH3 is 1. The summed E-state index contributed by atoms with van der Waals surface area (Å²) in [6, 6.07) is 11.3. The van der Waals surface area contributed by atoms with Gasteiger partial charge in [0.15, 0.2) is 0 Å². The zero-order valence-electron chi connectivity index (χ0n) is 24.2. The van der Waals surface area contributed by atoms with Gasteiger partial charge in [0.2, 0.25) is 15.9 Å². The molecular weight excluding hydrogens is 568 g/mol. The van der Waals surface area contributed by atoms with Crippen molar-refractivity contribution in [3.63, 3.8) is 0 Å². The predicted molar refractivity (Wildman–Crippen MR) is 161 cm³/mol. The first-order chi connectivity index (χ1) is 19.4. The number of hydrogen-bond donors (Lipinski definition) is 4. The largest absolute Gasteiger partial charge is 0.453 e. The first-order valence-electron chi connectivity index (χ1n) is 13.8. The van der Waals surface area contributed by atoms with Gasteiger partial charge in [-0.25, -0.2) is 13.2 Å². The Labute approximate surface area is 248 Å².